The first-order chi connectivity index (χ1) is 9.24. The Bertz CT molecular complexity index is 572. The van der Waals surface area contributed by atoms with Gasteiger partial charge in [0.1, 0.15) is 0 Å². The van der Waals surface area contributed by atoms with Crippen LogP contribution < -0.4 is 16.2 Å². The third-order valence-electron chi connectivity index (χ3n) is 2.56. The van der Waals surface area contributed by atoms with Crippen LogP contribution in [0.3, 0.4) is 0 Å². The van der Waals surface area contributed by atoms with Crippen LogP contribution in [0.5, 0.6) is 0 Å². The average Bonchev–Trinajstić information content (AvgIpc) is 2.49. The van der Waals surface area contributed by atoms with Crippen molar-refractivity contribution in [3.8, 4) is 0 Å². The van der Waals surface area contributed by atoms with Gasteiger partial charge >= 0.3 is 0 Å². The van der Waals surface area contributed by atoms with Crippen molar-refractivity contribution in [3.05, 3.63) is 66.2 Å². The van der Waals surface area contributed by atoms with E-state index in [-0.39, 0.29) is 11.0 Å². The lowest BCUT2D eigenvalue weighted by molar-refractivity contribution is 0.100. The molecule has 3 N–H and O–H groups in total. The molecule has 0 saturated carbocycles. The Hall–Kier alpha value is -2.24. The number of para-hydroxylation sites is 1. The summed E-state index contributed by atoms with van der Waals surface area (Å²) < 4.78 is 0. The van der Waals surface area contributed by atoms with Crippen LogP contribution in [0.15, 0.2) is 60.7 Å². The summed E-state index contributed by atoms with van der Waals surface area (Å²) in [5.74, 6) is 5.11. The predicted molar refractivity (Wildman–Crippen MR) is 79.6 cm³/mol. The summed E-state index contributed by atoms with van der Waals surface area (Å²) >= 11 is 5.10. The Morgan fingerprint density at radius 1 is 1.00 bits per heavy atom. The van der Waals surface area contributed by atoms with Gasteiger partial charge in [0.05, 0.1) is 5.69 Å². The molecule has 0 aliphatic rings. The number of nitrogens with two attached hydrogens (primary N) is 1. The maximum absolute atomic E-state index is 12.5. The van der Waals surface area contributed by atoms with Crippen molar-refractivity contribution in [3.63, 3.8) is 0 Å². The van der Waals surface area contributed by atoms with Crippen LogP contribution >= 0.6 is 12.2 Å². The molecule has 0 spiro atoms. The normalized spacial score (nSPS) is 9.74. The zero-order valence-electron chi connectivity index (χ0n) is 10.1. The minimum Gasteiger partial charge on any atom is -0.300 e. The van der Waals surface area contributed by atoms with E-state index in [1.165, 1.54) is 4.90 Å². The van der Waals surface area contributed by atoms with Gasteiger partial charge in [0.2, 0.25) is 0 Å². The van der Waals surface area contributed by atoms with Gasteiger partial charge in [-0.2, -0.15) is 0 Å². The summed E-state index contributed by atoms with van der Waals surface area (Å²) in [6.07, 6.45) is 0. The number of thiocarbonyl (C=S) groups is 1. The lowest BCUT2D eigenvalue weighted by Crippen LogP contribution is -2.46. The van der Waals surface area contributed by atoms with Crippen molar-refractivity contribution in [2.75, 3.05) is 4.90 Å². The van der Waals surface area contributed by atoms with Crippen LogP contribution in [0.4, 0.5) is 5.69 Å². The number of nitrogens with zero attached hydrogens (tertiary/aromatic N) is 1. The highest BCUT2D eigenvalue weighted by Gasteiger charge is 2.20. The zero-order chi connectivity index (χ0) is 13.7. The summed E-state index contributed by atoms with van der Waals surface area (Å²) in [5.41, 5.74) is 3.56. The molecule has 0 unspecified atom stereocenters. The molecule has 5 heteroatoms. The third-order valence-corrected chi connectivity index (χ3v) is 2.87. The summed E-state index contributed by atoms with van der Waals surface area (Å²) in [5, 5.41) is 0.153. The topological polar surface area (TPSA) is 58.4 Å². The second-order valence-corrected chi connectivity index (χ2v) is 4.18. The number of hydrogen-bond donors (Lipinski definition) is 2. The van der Waals surface area contributed by atoms with E-state index in [4.69, 9.17) is 18.1 Å². The summed E-state index contributed by atoms with van der Waals surface area (Å²) in [7, 11) is 0. The second kappa shape index (κ2) is 6.08. The molecule has 0 fully saturated rings. The minimum atomic E-state index is -0.227. The van der Waals surface area contributed by atoms with Crippen molar-refractivity contribution in [2.45, 2.75) is 0 Å². The lowest BCUT2D eigenvalue weighted by atomic mass is 10.2. The summed E-state index contributed by atoms with van der Waals surface area (Å²) in [6, 6.07) is 18.0. The van der Waals surface area contributed by atoms with Crippen molar-refractivity contribution < 1.29 is 4.79 Å². The average molecular weight is 271 g/mol. The van der Waals surface area contributed by atoms with E-state index in [0.717, 1.165) is 0 Å². The molecule has 0 aliphatic heterocycles. The Morgan fingerprint density at radius 3 is 2.05 bits per heavy atom. The zero-order valence-corrected chi connectivity index (χ0v) is 10.9. The van der Waals surface area contributed by atoms with Gasteiger partial charge in [-0.15, -0.1) is 0 Å². The number of hydrazine groups is 1. The SMILES string of the molecule is NNC(=S)N(C(=O)c1ccccc1)c1ccccc1. The smallest absolute Gasteiger partial charge is 0.264 e. The molecule has 19 heavy (non-hydrogen) atoms. The molecule has 4 nitrogen and oxygen atoms in total. The van der Waals surface area contributed by atoms with Gasteiger partial charge in [-0.1, -0.05) is 36.4 Å². The maximum Gasteiger partial charge on any atom is 0.264 e. The molecule has 0 heterocycles. The number of nitrogens with one attached hydrogen (secondary N) is 1. The number of hydrogen-bond acceptors (Lipinski definition) is 3. The Morgan fingerprint density at radius 2 is 1.53 bits per heavy atom. The van der Waals surface area contributed by atoms with Crippen LogP contribution in [-0.4, -0.2) is 11.0 Å². The number of anilines is 1. The van der Waals surface area contributed by atoms with E-state index in [9.17, 15) is 4.79 Å². The molecular formula is C14H13N3OS. The fraction of sp³-hybridized carbons (Fsp3) is 0. The molecule has 2 aromatic carbocycles. The van der Waals surface area contributed by atoms with Gasteiger partial charge in [-0.05, 0) is 36.5 Å². The minimum absolute atomic E-state index is 0.153. The number of amides is 1. The van der Waals surface area contributed by atoms with Crippen LogP contribution in [0.2, 0.25) is 0 Å². The number of carbonyl (C=O) groups excluding carboxylic acids is 1. The van der Waals surface area contributed by atoms with E-state index >= 15 is 0 Å². The van der Waals surface area contributed by atoms with E-state index in [2.05, 4.69) is 5.43 Å². The number of benzene rings is 2. The van der Waals surface area contributed by atoms with Gasteiger partial charge in [-0.3, -0.25) is 9.69 Å². The van der Waals surface area contributed by atoms with Crippen molar-refractivity contribution in [1.29, 1.82) is 0 Å². The molecule has 0 atom stereocenters. The van der Waals surface area contributed by atoms with Crippen LogP contribution in [-0.2, 0) is 0 Å². The van der Waals surface area contributed by atoms with Gasteiger partial charge in [0.15, 0.2) is 5.11 Å². The lowest BCUT2D eigenvalue weighted by Gasteiger charge is -2.22. The Balaban J connectivity index is 2.40. The Labute approximate surface area is 116 Å². The van der Waals surface area contributed by atoms with Crippen molar-refractivity contribution >= 4 is 28.9 Å². The molecule has 0 saturated heterocycles. The fourth-order valence-electron chi connectivity index (χ4n) is 1.68. The molecule has 1 amide bonds. The van der Waals surface area contributed by atoms with Gasteiger partial charge in [0.25, 0.3) is 5.91 Å². The molecule has 0 aliphatic carbocycles. The standard InChI is InChI=1S/C14H13N3OS/c15-16-14(19)17(12-9-5-2-6-10-12)13(18)11-7-3-1-4-8-11/h1-10H,15H2,(H,16,19). The number of rotatable bonds is 2. The largest absolute Gasteiger partial charge is 0.300 e. The Kier molecular flexibility index (Phi) is 4.22. The van der Waals surface area contributed by atoms with E-state index in [1.807, 2.05) is 24.3 Å². The summed E-state index contributed by atoms with van der Waals surface area (Å²) in [4.78, 5) is 13.9. The fourth-order valence-corrected chi connectivity index (χ4v) is 1.87. The monoisotopic (exact) mass is 271 g/mol. The highest BCUT2D eigenvalue weighted by atomic mass is 32.1. The quantitative estimate of drug-likeness (QED) is 0.499. The van der Waals surface area contributed by atoms with Crippen LogP contribution in [0, 0.1) is 0 Å². The van der Waals surface area contributed by atoms with E-state index in [0.29, 0.717) is 11.3 Å². The predicted octanol–water partition coefficient (Wildman–Crippen LogP) is 2.08. The first kappa shape index (κ1) is 13.2. The van der Waals surface area contributed by atoms with Gasteiger partial charge in [0, 0.05) is 5.56 Å². The van der Waals surface area contributed by atoms with Crippen molar-refractivity contribution in [1.82, 2.24) is 5.43 Å². The first-order valence-corrected chi connectivity index (χ1v) is 6.10. The van der Waals surface area contributed by atoms with Gasteiger partial charge < -0.3 is 5.43 Å². The van der Waals surface area contributed by atoms with E-state index < -0.39 is 0 Å². The molecule has 2 rings (SSSR count). The second-order valence-electron chi connectivity index (χ2n) is 3.79. The molecule has 2 aromatic rings. The molecule has 0 radical (unpaired) electrons. The summed E-state index contributed by atoms with van der Waals surface area (Å²) in [6.45, 7) is 0. The van der Waals surface area contributed by atoms with Crippen LogP contribution in [0.25, 0.3) is 0 Å². The van der Waals surface area contributed by atoms with Gasteiger partial charge in [-0.25, -0.2) is 5.84 Å². The van der Waals surface area contributed by atoms with Crippen molar-refractivity contribution in [2.24, 2.45) is 5.84 Å². The molecule has 0 bridgehead atoms. The highest BCUT2D eigenvalue weighted by Crippen LogP contribution is 2.17. The third kappa shape index (κ3) is 2.96. The molecular weight excluding hydrogens is 258 g/mol. The molecule has 0 aromatic heterocycles. The van der Waals surface area contributed by atoms with Crippen LogP contribution in [0.1, 0.15) is 10.4 Å². The molecule has 96 valence electrons. The first-order valence-electron chi connectivity index (χ1n) is 5.69. The highest BCUT2D eigenvalue weighted by molar-refractivity contribution is 7.80. The van der Waals surface area contributed by atoms with E-state index in [1.54, 1.807) is 36.4 Å². The maximum atomic E-state index is 12.5. The number of carbonyl (C=O) groups is 1.